The summed E-state index contributed by atoms with van der Waals surface area (Å²) in [5.41, 5.74) is -0.612. The van der Waals surface area contributed by atoms with Crippen molar-refractivity contribution in [3.63, 3.8) is 0 Å². The molecule has 22 heavy (non-hydrogen) atoms. The Morgan fingerprint density at radius 1 is 1.14 bits per heavy atom. The normalized spacial score (nSPS) is 45.4. The van der Waals surface area contributed by atoms with Gasteiger partial charge in [-0.3, -0.25) is 4.79 Å². The zero-order valence-electron chi connectivity index (χ0n) is 13.3. The van der Waals surface area contributed by atoms with Crippen molar-refractivity contribution < 1.29 is 4.79 Å². The van der Waals surface area contributed by atoms with Crippen LogP contribution in [0.15, 0.2) is 62.8 Å². The van der Waals surface area contributed by atoms with E-state index in [4.69, 9.17) is 0 Å². The minimum absolute atomic E-state index is 0.228. The lowest BCUT2D eigenvalue weighted by atomic mass is 9.67. The summed E-state index contributed by atoms with van der Waals surface area (Å²) in [4.78, 5) is 13.7. The molecule has 3 rings (SSSR count). The molecule has 0 aliphatic heterocycles. The molecule has 0 bridgehead atoms. The molecule has 0 aromatic rings. The number of rotatable bonds is 6. The molecular weight excluding hydrogens is 268 g/mol. The molecule has 0 unspecified atom stereocenters. The largest absolute Gasteiger partial charge is 0.298 e. The minimum Gasteiger partial charge on any atom is -0.298 e. The van der Waals surface area contributed by atoms with Gasteiger partial charge in [0.25, 0.3) is 0 Å². The van der Waals surface area contributed by atoms with E-state index in [1.165, 1.54) is 0 Å². The van der Waals surface area contributed by atoms with E-state index in [2.05, 4.69) is 44.5 Å². The van der Waals surface area contributed by atoms with Gasteiger partial charge in [-0.1, -0.05) is 36.5 Å². The van der Waals surface area contributed by atoms with Gasteiger partial charge >= 0.3 is 0 Å². The van der Waals surface area contributed by atoms with Gasteiger partial charge in [0, 0.05) is 10.8 Å². The fourth-order valence-corrected chi connectivity index (χ4v) is 5.84. The van der Waals surface area contributed by atoms with Crippen molar-refractivity contribution in [3.05, 3.63) is 62.8 Å². The smallest absolute Gasteiger partial charge is 0.147 e. The Labute approximate surface area is 134 Å². The van der Waals surface area contributed by atoms with E-state index < -0.39 is 0 Å². The SMILES string of the molecule is C=CC[C@]12CC=C[C@H]1[C@@H]1[C@H](C=C)C[C@H](C=C)[C@]1(CC=C)C2=O. The van der Waals surface area contributed by atoms with Crippen LogP contribution in [0.5, 0.6) is 0 Å². The van der Waals surface area contributed by atoms with Crippen LogP contribution >= 0.6 is 0 Å². The molecule has 3 aliphatic rings. The second-order valence-electron chi connectivity index (χ2n) is 7.17. The first-order valence-electron chi connectivity index (χ1n) is 8.31. The molecule has 3 aliphatic carbocycles. The van der Waals surface area contributed by atoms with Crippen LogP contribution in [0, 0.1) is 34.5 Å². The molecule has 0 spiro atoms. The van der Waals surface area contributed by atoms with Crippen molar-refractivity contribution in [2.24, 2.45) is 34.5 Å². The second kappa shape index (κ2) is 5.22. The predicted octanol–water partition coefficient (Wildman–Crippen LogP) is 4.89. The zero-order chi connectivity index (χ0) is 16.0. The van der Waals surface area contributed by atoms with Gasteiger partial charge in [-0.15, -0.1) is 26.3 Å². The van der Waals surface area contributed by atoms with E-state index >= 15 is 0 Å². The first kappa shape index (κ1) is 15.3. The number of ketones is 1. The highest BCUT2D eigenvalue weighted by Crippen LogP contribution is 2.71. The molecule has 0 aromatic heterocycles. The van der Waals surface area contributed by atoms with Crippen LogP contribution in [0.1, 0.15) is 25.7 Å². The Bertz CT molecular complexity index is 568. The summed E-state index contributed by atoms with van der Waals surface area (Å²) >= 11 is 0. The lowest BCUT2D eigenvalue weighted by molar-refractivity contribution is -0.135. The third-order valence-electron chi connectivity index (χ3n) is 6.55. The Balaban J connectivity index is 2.20. The van der Waals surface area contributed by atoms with Crippen molar-refractivity contribution in [3.8, 4) is 0 Å². The first-order valence-corrected chi connectivity index (χ1v) is 8.31. The first-order chi connectivity index (χ1) is 10.6. The average molecular weight is 294 g/mol. The van der Waals surface area contributed by atoms with Crippen LogP contribution in [-0.4, -0.2) is 5.78 Å². The zero-order valence-corrected chi connectivity index (χ0v) is 13.3. The maximum absolute atomic E-state index is 13.7. The summed E-state index contributed by atoms with van der Waals surface area (Å²) in [6.07, 6.45) is 15.8. The maximum atomic E-state index is 13.7. The molecule has 1 nitrogen and oxygen atoms in total. The highest BCUT2D eigenvalue weighted by Gasteiger charge is 2.71. The van der Waals surface area contributed by atoms with Gasteiger partial charge in [-0.05, 0) is 49.4 Å². The van der Waals surface area contributed by atoms with Gasteiger partial charge in [-0.25, -0.2) is 0 Å². The molecular formula is C21H26O. The Morgan fingerprint density at radius 3 is 2.45 bits per heavy atom. The highest BCUT2D eigenvalue weighted by molar-refractivity contribution is 5.96. The van der Waals surface area contributed by atoms with Gasteiger partial charge in [0.15, 0.2) is 0 Å². The van der Waals surface area contributed by atoms with Crippen molar-refractivity contribution in [2.75, 3.05) is 0 Å². The van der Waals surface area contributed by atoms with Crippen molar-refractivity contribution >= 4 is 5.78 Å². The standard InChI is InChI=1S/C21H26O/c1-5-11-20-13-9-10-17(20)18-15(7-3)14-16(8-4)21(18,12-6-2)19(20)22/h5-10,15-18H,1-4,11-14H2/t15-,16+,17+,18+,20+,21+/m1/s1. The van der Waals surface area contributed by atoms with Crippen LogP contribution in [0.3, 0.4) is 0 Å². The van der Waals surface area contributed by atoms with Gasteiger partial charge in [-0.2, -0.15) is 0 Å². The summed E-state index contributed by atoms with van der Waals surface area (Å²) in [5, 5.41) is 0. The Morgan fingerprint density at radius 2 is 1.86 bits per heavy atom. The van der Waals surface area contributed by atoms with Crippen molar-refractivity contribution in [1.29, 1.82) is 0 Å². The molecule has 0 N–H and O–H groups in total. The molecule has 0 saturated heterocycles. The van der Waals surface area contributed by atoms with Gasteiger partial charge in [0.05, 0.1) is 0 Å². The monoisotopic (exact) mass is 294 g/mol. The second-order valence-corrected chi connectivity index (χ2v) is 7.17. The summed E-state index contributed by atoms with van der Waals surface area (Å²) < 4.78 is 0. The fraction of sp³-hybridized carbons (Fsp3) is 0.476. The number of fused-ring (bicyclic) bond motifs is 3. The van der Waals surface area contributed by atoms with E-state index in [1.54, 1.807) is 0 Å². The molecule has 0 heterocycles. The number of Topliss-reactive ketones (excluding diaryl/α,β-unsaturated/α-hetero) is 1. The van der Waals surface area contributed by atoms with E-state index in [-0.39, 0.29) is 16.7 Å². The molecule has 0 aromatic carbocycles. The Hall–Kier alpha value is -1.63. The Kier molecular flexibility index (Phi) is 3.63. The fourth-order valence-electron chi connectivity index (χ4n) is 5.84. The van der Waals surface area contributed by atoms with Gasteiger partial charge in [0.2, 0.25) is 0 Å². The number of hydrogen-bond acceptors (Lipinski definition) is 1. The van der Waals surface area contributed by atoms with E-state index in [0.29, 0.717) is 23.5 Å². The number of carbonyl (C=O) groups excluding carboxylic acids is 1. The lowest BCUT2D eigenvalue weighted by Crippen LogP contribution is -2.39. The number of carbonyl (C=O) groups is 1. The van der Waals surface area contributed by atoms with E-state index in [0.717, 1.165) is 25.7 Å². The van der Waals surface area contributed by atoms with E-state index in [1.807, 2.05) is 18.2 Å². The molecule has 6 atom stereocenters. The van der Waals surface area contributed by atoms with Gasteiger partial charge < -0.3 is 0 Å². The van der Waals surface area contributed by atoms with Crippen molar-refractivity contribution in [1.82, 2.24) is 0 Å². The van der Waals surface area contributed by atoms with Crippen LogP contribution in [0.2, 0.25) is 0 Å². The molecule has 1 heteroatoms. The van der Waals surface area contributed by atoms with Crippen molar-refractivity contribution in [2.45, 2.75) is 25.7 Å². The highest BCUT2D eigenvalue weighted by atomic mass is 16.1. The molecule has 0 amide bonds. The van der Waals surface area contributed by atoms with E-state index in [9.17, 15) is 4.79 Å². The molecule has 2 fully saturated rings. The lowest BCUT2D eigenvalue weighted by Gasteiger charge is -2.34. The quantitative estimate of drug-likeness (QED) is 0.637. The number of allylic oxidation sites excluding steroid dienone is 6. The summed E-state index contributed by atoms with van der Waals surface area (Å²) in [6, 6.07) is 0. The number of hydrogen-bond donors (Lipinski definition) is 0. The third-order valence-corrected chi connectivity index (χ3v) is 6.55. The maximum Gasteiger partial charge on any atom is 0.147 e. The summed E-state index contributed by atoms with van der Waals surface area (Å²) in [6.45, 7) is 16.0. The average Bonchev–Trinajstić information content (AvgIpc) is 3.11. The molecule has 0 radical (unpaired) electrons. The minimum atomic E-state index is -0.333. The van der Waals surface area contributed by atoms with Crippen LogP contribution in [0.25, 0.3) is 0 Å². The summed E-state index contributed by atoms with van der Waals surface area (Å²) in [5.74, 6) is 1.68. The molecule has 116 valence electrons. The third kappa shape index (κ3) is 1.57. The molecule has 2 saturated carbocycles. The van der Waals surface area contributed by atoms with Crippen LogP contribution < -0.4 is 0 Å². The topological polar surface area (TPSA) is 17.1 Å². The van der Waals surface area contributed by atoms with Crippen LogP contribution in [0.4, 0.5) is 0 Å². The summed E-state index contributed by atoms with van der Waals surface area (Å²) in [7, 11) is 0. The van der Waals surface area contributed by atoms with Gasteiger partial charge in [0.1, 0.15) is 5.78 Å². The predicted molar refractivity (Wildman–Crippen MR) is 92.2 cm³/mol. The van der Waals surface area contributed by atoms with Crippen LogP contribution in [-0.2, 0) is 4.79 Å².